The second kappa shape index (κ2) is 5.61. The smallest absolute Gasteiger partial charge is 0.0543 e. The van der Waals surface area contributed by atoms with E-state index in [1.54, 1.807) is 0 Å². The lowest BCUT2D eigenvalue weighted by molar-refractivity contribution is 0.176. The highest BCUT2D eigenvalue weighted by atomic mass is 15.1. The maximum absolute atomic E-state index is 4.41. The minimum Gasteiger partial charge on any atom is -0.316 e. The van der Waals surface area contributed by atoms with Gasteiger partial charge in [0.2, 0.25) is 0 Å². The Morgan fingerprint density at radius 2 is 2.35 bits per heavy atom. The Hall–Kier alpha value is -0.930. The van der Waals surface area contributed by atoms with Crippen LogP contribution >= 0.6 is 0 Å². The third-order valence-corrected chi connectivity index (χ3v) is 3.62. The van der Waals surface area contributed by atoms with Crippen LogP contribution in [-0.2, 0) is 6.54 Å². The summed E-state index contributed by atoms with van der Waals surface area (Å²) in [4.78, 5) is 6.90. The van der Waals surface area contributed by atoms with Crippen LogP contribution in [0, 0.1) is 5.41 Å². The Morgan fingerprint density at radius 3 is 2.94 bits per heavy atom. The van der Waals surface area contributed by atoms with Crippen LogP contribution in [0.15, 0.2) is 24.4 Å². The minimum atomic E-state index is 0.435. The van der Waals surface area contributed by atoms with Gasteiger partial charge in [0.15, 0.2) is 0 Å². The van der Waals surface area contributed by atoms with Crippen LogP contribution < -0.4 is 5.32 Å². The summed E-state index contributed by atoms with van der Waals surface area (Å²) in [5.41, 5.74) is 1.61. The first-order chi connectivity index (χ1) is 8.22. The SMILES string of the molecule is CCN(Cc1ccccn1)CC1(C)CCNC1. The van der Waals surface area contributed by atoms with Gasteiger partial charge in [0.05, 0.1) is 5.69 Å². The third-order valence-electron chi connectivity index (χ3n) is 3.62. The van der Waals surface area contributed by atoms with Gasteiger partial charge >= 0.3 is 0 Å². The van der Waals surface area contributed by atoms with Crippen LogP contribution in [0.2, 0.25) is 0 Å². The summed E-state index contributed by atoms with van der Waals surface area (Å²) in [5, 5.41) is 3.46. The second-order valence-corrected chi connectivity index (χ2v) is 5.36. The molecular formula is C14H23N3. The van der Waals surface area contributed by atoms with Gasteiger partial charge in [-0.3, -0.25) is 9.88 Å². The zero-order valence-corrected chi connectivity index (χ0v) is 10.9. The summed E-state index contributed by atoms with van der Waals surface area (Å²) >= 11 is 0. The molecule has 3 heteroatoms. The molecule has 2 heterocycles. The van der Waals surface area contributed by atoms with Crippen LogP contribution in [0.25, 0.3) is 0 Å². The van der Waals surface area contributed by atoms with Crippen LogP contribution in [0.5, 0.6) is 0 Å². The van der Waals surface area contributed by atoms with E-state index in [9.17, 15) is 0 Å². The monoisotopic (exact) mass is 233 g/mol. The summed E-state index contributed by atoms with van der Waals surface area (Å²) in [6, 6.07) is 6.15. The average Bonchev–Trinajstić information content (AvgIpc) is 2.76. The third kappa shape index (κ3) is 3.51. The fraction of sp³-hybridized carbons (Fsp3) is 0.643. The lowest BCUT2D eigenvalue weighted by atomic mass is 9.89. The molecular weight excluding hydrogens is 210 g/mol. The van der Waals surface area contributed by atoms with E-state index in [1.165, 1.54) is 12.1 Å². The predicted molar refractivity (Wildman–Crippen MR) is 70.8 cm³/mol. The fourth-order valence-electron chi connectivity index (χ4n) is 2.54. The minimum absolute atomic E-state index is 0.435. The molecule has 1 N–H and O–H groups in total. The normalized spacial score (nSPS) is 24.4. The number of nitrogens with zero attached hydrogens (tertiary/aromatic N) is 2. The maximum atomic E-state index is 4.41. The van der Waals surface area contributed by atoms with Crippen LogP contribution in [0.4, 0.5) is 0 Å². The van der Waals surface area contributed by atoms with Gasteiger partial charge in [-0.05, 0) is 37.1 Å². The molecule has 1 aliphatic rings. The average molecular weight is 233 g/mol. The van der Waals surface area contributed by atoms with E-state index in [-0.39, 0.29) is 0 Å². The first-order valence-corrected chi connectivity index (χ1v) is 6.55. The molecule has 2 rings (SSSR count). The Balaban J connectivity index is 1.93. The molecule has 1 aromatic heterocycles. The van der Waals surface area contributed by atoms with E-state index in [0.29, 0.717) is 5.41 Å². The van der Waals surface area contributed by atoms with E-state index in [4.69, 9.17) is 0 Å². The molecule has 17 heavy (non-hydrogen) atoms. The van der Waals surface area contributed by atoms with Crippen LogP contribution in [0.1, 0.15) is 26.0 Å². The molecule has 1 unspecified atom stereocenters. The van der Waals surface area contributed by atoms with Crippen molar-refractivity contribution >= 4 is 0 Å². The number of hydrogen-bond donors (Lipinski definition) is 1. The van der Waals surface area contributed by atoms with Gasteiger partial charge < -0.3 is 5.32 Å². The number of hydrogen-bond acceptors (Lipinski definition) is 3. The molecule has 1 saturated heterocycles. The molecule has 1 aliphatic heterocycles. The summed E-state index contributed by atoms with van der Waals surface area (Å²) in [5.74, 6) is 0. The van der Waals surface area contributed by atoms with Crippen molar-refractivity contribution in [2.75, 3.05) is 26.2 Å². The predicted octanol–water partition coefficient (Wildman–Crippen LogP) is 1.90. The van der Waals surface area contributed by atoms with Gasteiger partial charge in [0.1, 0.15) is 0 Å². The van der Waals surface area contributed by atoms with E-state index >= 15 is 0 Å². The van der Waals surface area contributed by atoms with Crippen molar-refractivity contribution in [3.63, 3.8) is 0 Å². The molecule has 94 valence electrons. The zero-order chi connectivity index (χ0) is 12.1. The number of nitrogens with one attached hydrogen (secondary N) is 1. The lowest BCUT2D eigenvalue weighted by Crippen LogP contribution is -2.37. The van der Waals surface area contributed by atoms with Crippen molar-refractivity contribution in [1.29, 1.82) is 0 Å². The van der Waals surface area contributed by atoms with E-state index in [1.807, 2.05) is 12.3 Å². The summed E-state index contributed by atoms with van der Waals surface area (Å²) in [6.07, 6.45) is 3.16. The summed E-state index contributed by atoms with van der Waals surface area (Å²) in [7, 11) is 0. The molecule has 0 aromatic carbocycles. The van der Waals surface area contributed by atoms with Crippen LogP contribution in [0.3, 0.4) is 0 Å². The Morgan fingerprint density at radius 1 is 1.47 bits per heavy atom. The Labute approximate surface area is 104 Å². The molecule has 0 radical (unpaired) electrons. The fourth-order valence-corrected chi connectivity index (χ4v) is 2.54. The molecule has 1 atom stereocenters. The summed E-state index contributed by atoms with van der Waals surface area (Å²) < 4.78 is 0. The number of aromatic nitrogens is 1. The topological polar surface area (TPSA) is 28.2 Å². The second-order valence-electron chi connectivity index (χ2n) is 5.36. The lowest BCUT2D eigenvalue weighted by Gasteiger charge is -2.31. The summed E-state index contributed by atoms with van der Waals surface area (Å²) in [6.45, 7) is 10.1. The maximum Gasteiger partial charge on any atom is 0.0543 e. The first kappa shape index (κ1) is 12.5. The standard InChI is InChI=1S/C14H23N3/c1-3-17(10-13-6-4-5-8-16-13)12-14(2)7-9-15-11-14/h4-6,8,15H,3,7,9-12H2,1-2H3. The van der Waals surface area contributed by atoms with Gasteiger partial charge in [-0.2, -0.15) is 0 Å². The molecule has 1 fully saturated rings. The quantitative estimate of drug-likeness (QED) is 0.842. The van der Waals surface area contributed by atoms with Crippen LogP contribution in [-0.4, -0.2) is 36.1 Å². The largest absolute Gasteiger partial charge is 0.316 e. The number of rotatable bonds is 5. The van der Waals surface area contributed by atoms with Gasteiger partial charge in [-0.1, -0.05) is 19.9 Å². The van der Waals surface area contributed by atoms with E-state index in [0.717, 1.165) is 32.7 Å². The van der Waals surface area contributed by atoms with Crippen molar-refractivity contribution in [3.05, 3.63) is 30.1 Å². The molecule has 0 spiro atoms. The molecule has 0 aliphatic carbocycles. The Kier molecular flexibility index (Phi) is 4.13. The zero-order valence-electron chi connectivity index (χ0n) is 10.9. The highest BCUT2D eigenvalue weighted by Gasteiger charge is 2.30. The van der Waals surface area contributed by atoms with Crippen molar-refractivity contribution in [3.8, 4) is 0 Å². The first-order valence-electron chi connectivity index (χ1n) is 6.55. The molecule has 0 saturated carbocycles. The van der Waals surface area contributed by atoms with Gasteiger partial charge in [0.25, 0.3) is 0 Å². The molecule has 3 nitrogen and oxygen atoms in total. The molecule has 0 bridgehead atoms. The van der Waals surface area contributed by atoms with Crippen molar-refractivity contribution in [1.82, 2.24) is 15.2 Å². The van der Waals surface area contributed by atoms with Gasteiger partial charge in [-0.25, -0.2) is 0 Å². The van der Waals surface area contributed by atoms with Gasteiger partial charge in [-0.15, -0.1) is 0 Å². The van der Waals surface area contributed by atoms with Crippen molar-refractivity contribution < 1.29 is 0 Å². The van der Waals surface area contributed by atoms with Crippen molar-refractivity contribution in [2.45, 2.75) is 26.8 Å². The van der Waals surface area contributed by atoms with E-state index in [2.05, 4.69) is 41.2 Å². The highest BCUT2D eigenvalue weighted by molar-refractivity contribution is 5.03. The Bertz CT molecular complexity index is 331. The molecule has 0 amide bonds. The van der Waals surface area contributed by atoms with Gasteiger partial charge in [0, 0.05) is 25.8 Å². The highest BCUT2D eigenvalue weighted by Crippen LogP contribution is 2.26. The molecule has 1 aromatic rings. The van der Waals surface area contributed by atoms with Crippen molar-refractivity contribution in [2.24, 2.45) is 5.41 Å². The van der Waals surface area contributed by atoms with E-state index < -0.39 is 0 Å². The number of pyridine rings is 1.